The Labute approximate surface area is 228 Å². The van der Waals surface area contributed by atoms with E-state index in [1.165, 1.54) is 44.9 Å². The van der Waals surface area contributed by atoms with E-state index in [2.05, 4.69) is 22.0 Å². The molecule has 1 saturated carbocycles. The van der Waals surface area contributed by atoms with Gasteiger partial charge in [-0.05, 0) is 56.6 Å². The Bertz CT molecular complexity index is 1290. The van der Waals surface area contributed by atoms with E-state index in [9.17, 15) is 19.5 Å². The number of amides is 1. The van der Waals surface area contributed by atoms with Gasteiger partial charge in [-0.3, -0.25) is 14.5 Å². The molecule has 2 bridgehead atoms. The molecule has 0 radical (unpaired) electrons. The van der Waals surface area contributed by atoms with E-state index in [-0.39, 0.29) is 11.7 Å². The number of carbonyl (C=O) groups is 2. The van der Waals surface area contributed by atoms with Crippen LogP contribution >= 0.6 is 0 Å². The van der Waals surface area contributed by atoms with Crippen LogP contribution in [0.5, 0.6) is 0 Å². The number of fused-ring (bicyclic) bond motifs is 3. The minimum absolute atomic E-state index is 0.0757. The van der Waals surface area contributed by atoms with Gasteiger partial charge in [0.25, 0.3) is 11.5 Å². The predicted molar refractivity (Wildman–Crippen MR) is 148 cm³/mol. The summed E-state index contributed by atoms with van der Waals surface area (Å²) in [5.41, 5.74) is 4.83. The monoisotopic (exact) mass is 537 g/mol. The number of hydrogen-bond donors (Lipinski definition) is 2. The highest BCUT2D eigenvalue weighted by Gasteiger charge is 2.45. The summed E-state index contributed by atoms with van der Waals surface area (Å²) >= 11 is 0. The molecule has 3 heterocycles. The molecule has 10 heteroatoms. The first-order chi connectivity index (χ1) is 18.8. The SMILES string of the molecule is C[C@@H]1CCCCCC[C@@H](N2[C@@H]3CC[C@H]2C[C@@H](n2c(=O)c(/C(=N/OCC(N)=O)C(=O)O)nc4ccccc42)C3)C1. The zero-order valence-electron chi connectivity index (χ0n) is 22.6. The quantitative estimate of drug-likeness (QED) is 0.406. The number of benzene rings is 1. The molecule has 3 N–H and O–H groups in total. The fourth-order valence-electron chi connectivity index (χ4n) is 7.20. The number of nitrogens with zero attached hydrogens (tertiary/aromatic N) is 4. The van der Waals surface area contributed by atoms with Crippen LogP contribution in [-0.2, 0) is 14.4 Å². The highest BCUT2D eigenvalue weighted by Crippen LogP contribution is 2.44. The Morgan fingerprint density at radius 2 is 1.67 bits per heavy atom. The van der Waals surface area contributed by atoms with Gasteiger partial charge < -0.3 is 20.2 Å². The van der Waals surface area contributed by atoms with Gasteiger partial charge in [-0.15, -0.1) is 0 Å². The lowest BCUT2D eigenvalue weighted by atomic mass is 9.89. The maximum absolute atomic E-state index is 13.9. The van der Waals surface area contributed by atoms with E-state index in [0.29, 0.717) is 29.2 Å². The number of oxime groups is 1. The molecule has 1 amide bonds. The van der Waals surface area contributed by atoms with Gasteiger partial charge in [0, 0.05) is 24.2 Å². The van der Waals surface area contributed by atoms with Crippen molar-refractivity contribution in [2.75, 3.05) is 6.61 Å². The minimum atomic E-state index is -1.46. The topological polar surface area (TPSA) is 140 Å². The lowest BCUT2D eigenvalue weighted by molar-refractivity contribution is -0.130. The summed E-state index contributed by atoms with van der Waals surface area (Å²) in [6.07, 6.45) is 13.0. The van der Waals surface area contributed by atoms with E-state index >= 15 is 0 Å². The maximum atomic E-state index is 13.9. The Morgan fingerprint density at radius 3 is 2.36 bits per heavy atom. The molecule has 2 aliphatic heterocycles. The molecule has 0 spiro atoms. The number of hydrogen-bond acceptors (Lipinski definition) is 7. The van der Waals surface area contributed by atoms with Gasteiger partial charge in [0.1, 0.15) is 0 Å². The number of piperidine rings is 1. The summed E-state index contributed by atoms with van der Waals surface area (Å²) < 4.78 is 1.73. The molecule has 1 aliphatic carbocycles. The fraction of sp³-hybridized carbons (Fsp3) is 0.621. The Balaban J connectivity index is 1.49. The number of carboxylic acids is 1. The molecule has 39 heavy (non-hydrogen) atoms. The second kappa shape index (κ2) is 11.9. The van der Waals surface area contributed by atoms with Crippen LogP contribution in [0.15, 0.2) is 34.2 Å². The van der Waals surface area contributed by atoms with Crippen LogP contribution in [0.1, 0.15) is 89.3 Å². The van der Waals surface area contributed by atoms with Crippen molar-refractivity contribution in [2.24, 2.45) is 16.8 Å². The number of primary amides is 1. The summed E-state index contributed by atoms with van der Waals surface area (Å²) in [5.74, 6) is -1.54. The molecule has 0 unspecified atom stereocenters. The van der Waals surface area contributed by atoms with Crippen molar-refractivity contribution < 1.29 is 19.5 Å². The van der Waals surface area contributed by atoms with Crippen LogP contribution in [0.2, 0.25) is 0 Å². The second-order valence-corrected chi connectivity index (χ2v) is 11.6. The molecule has 10 nitrogen and oxygen atoms in total. The normalized spacial score (nSPS) is 28.4. The van der Waals surface area contributed by atoms with Crippen LogP contribution in [-0.4, -0.2) is 61.9 Å². The third-order valence-corrected chi connectivity index (χ3v) is 8.79. The Hall–Kier alpha value is -3.27. The maximum Gasteiger partial charge on any atom is 0.360 e. The second-order valence-electron chi connectivity index (χ2n) is 11.6. The summed E-state index contributed by atoms with van der Waals surface area (Å²) in [7, 11) is 0. The van der Waals surface area contributed by atoms with E-state index in [4.69, 9.17) is 10.6 Å². The first-order valence-corrected chi connectivity index (χ1v) is 14.3. The zero-order valence-corrected chi connectivity index (χ0v) is 22.6. The summed E-state index contributed by atoms with van der Waals surface area (Å²) in [6, 6.07) is 8.62. The number of aliphatic carboxylic acids is 1. The molecule has 3 aliphatic rings. The number of rotatable bonds is 7. The molecular weight excluding hydrogens is 498 g/mol. The van der Waals surface area contributed by atoms with Gasteiger partial charge in [0.05, 0.1) is 11.0 Å². The van der Waals surface area contributed by atoms with Crippen molar-refractivity contribution in [3.05, 3.63) is 40.3 Å². The smallest absolute Gasteiger partial charge is 0.360 e. The van der Waals surface area contributed by atoms with E-state index < -0.39 is 29.8 Å². The third kappa shape index (κ3) is 5.85. The minimum Gasteiger partial charge on any atom is -0.476 e. The fourth-order valence-corrected chi connectivity index (χ4v) is 7.20. The molecule has 210 valence electrons. The third-order valence-electron chi connectivity index (χ3n) is 8.79. The highest BCUT2D eigenvalue weighted by molar-refractivity contribution is 6.41. The van der Waals surface area contributed by atoms with E-state index in [0.717, 1.165) is 31.6 Å². The van der Waals surface area contributed by atoms with Crippen molar-refractivity contribution in [1.29, 1.82) is 0 Å². The number of carboxylic acid groups (broad SMARTS) is 1. The molecule has 5 atom stereocenters. The van der Waals surface area contributed by atoms with Crippen molar-refractivity contribution in [3.63, 3.8) is 0 Å². The highest BCUT2D eigenvalue weighted by atomic mass is 16.6. The molecule has 1 aromatic carbocycles. The number of carbonyl (C=O) groups excluding carboxylic acids is 1. The van der Waals surface area contributed by atoms with Gasteiger partial charge in [-0.1, -0.05) is 56.3 Å². The molecular formula is C29H39N5O5. The van der Waals surface area contributed by atoms with Gasteiger partial charge in [0.2, 0.25) is 5.71 Å². The number of aromatic nitrogens is 2. The van der Waals surface area contributed by atoms with Gasteiger partial charge in [-0.25, -0.2) is 9.78 Å². The molecule has 2 aromatic rings. The van der Waals surface area contributed by atoms with Crippen molar-refractivity contribution in [2.45, 2.75) is 102 Å². The zero-order chi connectivity index (χ0) is 27.5. The standard InChI is InChI=1S/C29H39N5O5/c1-18-8-4-2-3-5-9-19(14-18)33-20-12-13-21(33)16-22(15-20)34-24-11-7-6-10-23(24)31-26(28(34)36)27(29(37)38)32-39-17-25(30)35/h6-7,10-11,18-22H,2-5,8-9,12-17H2,1H3,(H2,30,35)(H,37,38)/b32-27-/t18-,19-,20-,21+,22+/m1/s1. The predicted octanol–water partition coefficient (Wildman–Crippen LogP) is 3.60. The van der Waals surface area contributed by atoms with Gasteiger partial charge in [-0.2, -0.15) is 0 Å². The van der Waals surface area contributed by atoms with E-state index in [1.54, 1.807) is 16.7 Å². The molecule has 3 fully saturated rings. The first kappa shape index (κ1) is 27.3. The van der Waals surface area contributed by atoms with Crippen molar-refractivity contribution in [1.82, 2.24) is 14.5 Å². The average Bonchev–Trinajstić information content (AvgIpc) is 3.21. The first-order valence-electron chi connectivity index (χ1n) is 14.3. The van der Waals surface area contributed by atoms with Crippen LogP contribution in [0.4, 0.5) is 0 Å². The summed E-state index contributed by atoms with van der Waals surface area (Å²) in [4.78, 5) is 49.0. The lowest BCUT2D eigenvalue weighted by Crippen LogP contribution is -2.50. The molecule has 2 saturated heterocycles. The van der Waals surface area contributed by atoms with Gasteiger partial charge in [0.15, 0.2) is 12.3 Å². The van der Waals surface area contributed by atoms with Crippen molar-refractivity contribution >= 4 is 28.6 Å². The Kier molecular flexibility index (Phi) is 8.30. The largest absolute Gasteiger partial charge is 0.476 e. The van der Waals surface area contributed by atoms with Crippen LogP contribution < -0.4 is 11.3 Å². The number of para-hydroxylation sites is 2. The molecule has 1 aromatic heterocycles. The summed E-state index contributed by atoms with van der Waals surface area (Å²) in [6.45, 7) is 1.80. The van der Waals surface area contributed by atoms with E-state index in [1.807, 2.05) is 12.1 Å². The lowest BCUT2D eigenvalue weighted by Gasteiger charge is -2.45. The van der Waals surface area contributed by atoms with Crippen LogP contribution in [0.25, 0.3) is 11.0 Å². The van der Waals surface area contributed by atoms with Crippen molar-refractivity contribution in [3.8, 4) is 0 Å². The van der Waals surface area contributed by atoms with Crippen LogP contribution in [0, 0.1) is 5.92 Å². The average molecular weight is 538 g/mol. The molecule has 5 rings (SSSR count). The Morgan fingerprint density at radius 1 is 1.00 bits per heavy atom. The van der Waals surface area contributed by atoms with Gasteiger partial charge >= 0.3 is 5.97 Å². The summed E-state index contributed by atoms with van der Waals surface area (Å²) in [5, 5.41) is 13.4. The van der Waals surface area contributed by atoms with Crippen LogP contribution in [0.3, 0.4) is 0 Å². The number of nitrogens with two attached hydrogens (primary N) is 1.